The molecule has 1 aliphatic heterocycles. The summed E-state index contributed by atoms with van der Waals surface area (Å²) in [5.41, 5.74) is -0.777. The molecule has 0 aliphatic carbocycles. The number of hydrogen-bond acceptors (Lipinski definition) is 4. The normalized spacial score (nSPS) is 19.5. The van der Waals surface area contributed by atoms with Gasteiger partial charge < -0.3 is 4.74 Å². The molecule has 20 heavy (non-hydrogen) atoms. The molecule has 0 atom stereocenters. The Morgan fingerprint density at radius 1 is 1.30 bits per heavy atom. The summed E-state index contributed by atoms with van der Waals surface area (Å²) >= 11 is 0. The Balaban J connectivity index is 2.80. The van der Waals surface area contributed by atoms with E-state index in [1.165, 1.54) is 23.3 Å². The predicted octanol–water partition coefficient (Wildman–Crippen LogP) is 1.78. The maximum atomic E-state index is 11.8. The molecule has 1 fully saturated rings. The highest BCUT2D eigenvalue weighted by Crippen LogP contribution is 2.25. The quantitative estimate of drug-likeness (QED) is 0.339. The summed E-state index contributed by atoms with van der Waals surface area (Å²) in [6, 6.07) is 0. The van der Waals surface area contributed by atoms with Gasteiger partial charge in [-0.2, -0.15) is 0 Å². The second-order valence-electron chi connectivity index (χ2n) is 4.86. The number of allylic oxidation sites excluding steroid dienone is 2. The molecule has 0 unspecified atom stereocenters. The van der Waals surface area contributed by atoms with Crippen molar-refractivity contribution in [2.75, 3.05) is 13.3 Å². The number of cyclic esters (lactones) is 1. The van der Waals surface area contributed by atoms with Crippen LogP contribution in [-0.2, 0) is 14.3 Å². The third-order valence-corrected chi connectivity index (χ3v) is 2.54. The summed E-state index contributed by atoms with van der Waals surface area (Å²) in [7, 11) is 0. The Morgan fingerprint density at radius 3 is 2.40 bits per heavy atom. The van der Waals surface area contributed by atoms with Gasteiger partial charge in [-0.05, 0) is 26.0 Å². The minimum absolute atomic E-state index is 0.00819. The van der Waals surface area contributed by atoms with Crippen LogP contribution in [0.2, 0.25) is 0 Å². The Kier molecular flexibility index (Phi) is 5.05. The van der Waals surface area contributed by atoms with Crippen LogP contribution in [0, 0.1) is 13.1 Å². The standard InChI is InChI=1S/C14H15N3O3/c1-14(2)8-12(18)11(13(19)20-14)6-5-7-17(9-15-3)10-16-4/h5-7H,8-10H2,1-2H3/b7-5+,11-6-. The molecule has 0 bridgehead atoms. The Bertz CT molecular complexity index is 509. The molecule has 0 aromatic rings. The van der Waals surface area contributed by atoms with Crippen LogP contribution in [0.5, 0.6) is 0 Å². The van der Waals surface area contributed by atoms with Crippen LogP contribution in [0.25, 0.3) is 9.69 Å². The van der Waals surface area contributed by atoms with E-state index in [0.717, 1.165) is 0 Å². The molecule has 104 valence electrons. The van der Waals surface area contributed by atoms with Crippen LogP contribution in [0.1, 0.15) is 20.3 Å². The van der Waals surface area contributed by atoms with Crippen molar-refractivity contribution in [1.29, 1.82) is 0 Å². The minimum atomic E-state index is -0.768. The van der Waals surface area contributed by atoms with E-state index in [-0.39, 0.29) is 31.1 Å². The van der Waals surface area contributed by atoms with Crippen LogP contribution in [0.4, 0.5) is 0 Å². The lowest BCUT2D eigenvalue weighted by molar-refractivity contribution is -0.159. The van der Waals surface area contributed by atoms with Gasteiger partial charge in [0.2, 0.25) is 0 Å². The first-order chi connectivity index (χ1) is 9.39. The molecule has 0 saturated carbocycles. The number of nitrogens with zero attached hydrogens (tertiary/aromatic N) is 3. The summed E-state index contributed by atoms with van der Waals surface area (Å²) < 4.78 is 5.14. The highest BCUT2D eigenvalue weighted by atomic mass is 16.6. The summed E-state index contributed by atoms with van der Waals surface area (Å²) in [6.45, 7) is 17.0. The van der Waals surface area contributed by atoms with Crippen molar-refractivity contribution in [3.05, 3.63) is 46.8 Å². The van der Waals surface area contributed by atoms with Gasteiger partial charge in [0.05, 0.1) is 6.42 Å². The Morgan fingerprint density at radius 2 is 1.90 bits per heavy atom. The van der Waals surface area contributed by atoms with Crippen molar-refractivity contribution in [2.24, 2.45) is 0 Å². The lowest BCUT2D eigenvalue weighted by Crippen LogP contribution is -2.39. The summed E-state index contributed by atoms with van der Waals surface area (Å²) in [5, 5.41) is 0. The van der Waals surface area contributed by atoms with E-state index >= 15 is 0 Å². The number of ketones is 1. The summed E-state index contributed by atoms with van der Waals surface area (Å²) in [6.07, 6.45) is 4.49. The predicted molar refractivity (Wildman–Crippen MR) is 71.8 cm³/mol. The topological polar surface area (TPSA) is 55.3 Å². The van der Waals surface area contributed by atoms with Crippen molar-refractivity contribution in [3.8, 4) is 0 Å². The number of carbonyl (C=O) groups is 2. The monoisotopic (exact) mass is 273 g/mol. The zero-order valence-corrected chi connectivity index (χ0v) is 11.4. The lowest BCUT2D eigenvalue weighted by atomic mass is 9.93. The number of ether oxygens (including phenoxy) is 1. The van der Waals surface area contributed by atoms with Crippen LogP contribution >= 0.6 is 0 Å². The first kappa shape index (κ1) is 15.5. The fraction of sp³-hybridized carbons (Fsp3) is 0.429. The molecule has 6 nitrogen and oxygen atoms in total. The largest absolute Gasteiger partial charge is 0.455 e. The van der Waals surface area contributed by atoms with E-state index in [1.54, 1.807) is 13.8 Å². The molecule has 0 aromatic heterocycles. The van der Waals surface area contributed by atoms with Crippen molar-refractivity contribution >= 4 is 11.8 Å². The molecule has 0 amide bonds. The van der Waals surface area contributed by atoms with Gasteiger partial charge in [0.25, 0.3) is 13.3 Å². The van der Waals surface area contributed by atoms with Gasteiger partial charge in [0.15, 0.2) is 5.78 Å². The molecular formula is C14H15N3O3. The number of hydrogen-bond donors (Lipinski definition) is 0. The highest BCUT2D eigenvalue weighted by Gasteiger charge is 2.36. The van der Waals surface area contributed by atoms with Gasteiger partial charge in [0, 0.05) is 6.20 Å². The van der Waals surface area contributed by atoms with Crippen molar-refractivity contribution in [1.82, 2.24) is 4.90 Å². The van der Waals surface area contributed by atoms with E-state index in [9.17, 15) is 9.59 Å². The van der Waals surface area contributed by atoms with Crippen LogP contribution in [0.15, 0.2) is 23.9 Å². The zero-order valence-electron chi connectivity index (χ0n) is 11.4. The number of rotatable bonds is 4. The Hall–Kier alpha value is -2.60. The third kappa shape index (κ3) is 4.25. The van der Waals surface area contributed by atoms with Gasteiger partial charge in [-0.15, -0.1) is 0 Å². The van der Waals surface area contributed by atoms with Gasteiger partial charge in [0.1, 0.15) is 11.2 Å². The van der Waals surface area contributed by atoms with Gasteiger partial charge in [-0.1, -0.05) is 0 Å². The maximum absolute atomic E-state index is 11.8. The fourth-order valence-corrected chi connectivity index (χ4v) is 1.68. The zero-order chi connectivity index (χ0) is 15.2. The molecule has 6 heteroatoms. The van der Waals surface area contributed by atoms with Crippen LogP contribution in [-0.4, -0.2) is 35.6 Å². The second-order valence-corrected chi connectivity index (χ2v) is 4.86. The SMILES string of the molecule is [C-]#[N+]CN(/C=C/C=C1/C(=O)CC(C)(C)OC1=O)C[N+]#[C-]. The molecule has 0 N–H and O–H groups in total. The lowest BCUT2D eigenvalue weighted by Gasteiger charge is -2.29. The molecule has 0 spiro atoms. The molecule has 0 aromatic carbocycles. The second kappa shape index (κ2) is 6.53. The Labute approximate surface area is 117 Å². The molecule has 0 radical (unpaired) electrons. The van der Waals surface area contributed by atoms with E-state index in [4.69, 9.17) is 17.9 Å². The van der Waals surface area contributed by atoms with Crippen LogP contribution < -0.4 is 0 Å². The van der Waals surface area contributed by atoms with E-state index in [1.807, 2.05) is 0 Å². The molecular weight excluding hydrogens is 258 g/mol. The summed E-state index contributed by atoms with van der Waals surface area (Å²) in [4.78, 5) is 31.3. The minimum Gasteiger partial charge on any atom is -0.455 e. The first-order valence-corrected chi connectivity index (χ1v) is 5.95. The average molecular weight is 273 g/mol. The smallest absolute Gasteiger partial charge is 0.342 e. The highest BCUT2D eigenvalue weighted by molar-refractivity contribution is 6.19. The van der Waals surface area contributed by atoms with Gasteiger partial charge in [-0.3, -0.25) is 14.5 Å². The number of esters is 1. The fourth-order valence-electron chi connectivity index (χ4n) is 1.68. The average Bonchev–Trinajstić information content (AvgIpc) is 2.31. The van der Waals surface area contributed by atoms with Gasteiger partial charge >= 0.3 is 5.97 Å². The van der Waals surface area contributed by atoms with Crippen molar-refractivity contribution in [3.63, 3.8) is 0 Å². The van der Waals surface area contributed by atoms with Crippen molar-refractivity contribution in [2.45, 2.75) is 25.9 Å². The number of Topliss-reactive ketones (excluding diaryl/α,β-unsaturated/α-hetero) is 1. The van der Waals surface area contributed by atoms with Crippen molar-refractivity contribution < 1.29 is 14.3 Å². The maximum Gasteiger partial charge on any atom is 0.342 e. The van der Waals surface area contributed by atoms with E-state index < -0.39 is 11.6 Å². The van der Waals surface area contributed by atoms with Gasteiger partial charge in [-0.25, -0.2) is 22.8 Å². The summed E-state index contributed by atoms with van der Waals surface area (Å²) in [5.74, 6) is -0.907. The van der Waals surface area contributed by atoms with Crippen LogP contribution in [0.3, 0.4) is 0 Å². The third-order valence-electron chi connectivity index (χ3n) is 2.54. The van der Waals surface area contributed by atoms with E-state index in [2.05, 4.69) is 9.69 Å². The molecule has 1 rings (SSSR count). The number of carbonyl (C=O) groups excluding carboxylic acids is 2. The first-order valence-electron chi connectivity index (χ1n) is 5.95. The van der Waals surface area contributed by atoms with E-state index in [0.29, 0.717) is 0 Å². The molecule has 1 heterocycles. The molecule has 1 saturated heterocycles. The molecule has 1 aliphatic rings.